The Labute approximate surface area is 127 Å². The number of carbonyl (C=O) groups is 1. The number of hydrogen-bond donors (Lipinski definition) is 1. The Balaban J connectivity index is 2.50. The van der Waals surface area contributed by atoms with Crippen molar-refractivity contribution in [2.45, 2.75) is 25.8 Å². The predicted molar refractivity (Wildman–Crippen MR) is 77.9 cm³/mol. The van der Waals surface area contributed by atoms with E-state index in [1.54, 1.807) is 32.4 Å². The van der Waals surface area contributed by atoms with E-state index in [9.17, 15) is 9.90 Å². The van der Waals surface area contributed by atoms with Crippen molar-refractivity contribution in [3.8, 4) is 22.9 Å². The van der Waals surface area contributed by atoms with E-state index in [4.69, 9.17) is 9.47 Å². The maximum Gasteiger partial charge on any atom is 0.328 e. The highest BCUT2D eigenvalue weighted by Crippen LogP contribution is 2.30. The minimum absolute atomic E-state index is 0.359. The second kappa shape index (κ2) is 6.88. The highest BCUT2D eigenvalue weighted by molar-refractivity contribution is 5.73. The number of methoxy groups -OCH3 is 2. The molecule has 8 nitrogen and oxygen atoms in total. The Morgan fingerprint density at radius 2 is 1.91 bits per heavy atom. The number of rotatable bonds is 7. The van der Waals surface area contributed by atoms with E-state index in [2.05, 4.69) is 15.5 Å². The third-order valence-electron chi connectivity index (χ3n) is 3.24. The van der Waals surface area contributed by atoms with E-state index in [1.807, 2.05) is 6.92 Å². The largest absolute Gasteiger partial charge is 0.497 e. The van der Waals surface area contributed by atoms with E-state index in [1.165, 1.54) is 4.68 Å². The maximum atomic E-state index is 11.5. The van der Waals surface area contributed by atoms with Gasteiger partial charge in [-0.3, -0.25) is 0 Å². The molecule has 1 N–H and O–H groups in total. The zero-order valence-corrected chi connectivity index (χ0v) is 12.7. The molecule has 2 aromatic rings. The molecule has 0 bridgehead atoms. The lowest BCUT2D eigenvalue weighted by molar-refractivity contribution is -0.141. The summed E-state index contributed by atoms with van der Waals surface area (Å²) in [5.41, 5.74) is 0.628. The van der Waals surface area contributed by atoms with Crippen LogP contribution >= 0.6 is 0 Å². The molecule has 1 heterocycles. The van der Waals surface area contributed by atoms with Crippen LogP contribution in [0.5, 0.6) is 11.5 Å². The van der Waals surface area contributed by atoms with Gasteiger partial charge in [0.1, 0.15) is 11.5 Å². The fourth-order valence-electron chi connectivity index (χ4n) is 2.15. The van der Waals surface area contributed by atoms with Crippen LogP contribution < -0.4 is 9.47 Å². The van der Waals surface area contributed by atoms with Crippen molar-refractivity contribution in [2.24, 2.45) is 0 Å². The van der Waals surface area contributed by atoms with Gasteiger partial charge in [0.15, 0.2) is 11.9 Å². The normalized spacial score (nSPS) is 12.0. The molecule has 0 fully saturated rings. The number of benzene rings is 1. The van der Waals surface area contributed by atoms with Crippen molar-refractivity contribution in [3.63, 3.8) is 0 Å². The van der Waals surface area contributed by atoms with Crippen LogP contribution in [0.3, 0.4) is 0 Å². The van der Waals surface area contributed by atoms with E-state index in [-0.39, 0.29) is 0 Å². The number of aliphatic carboxylic acids is 1. The molecule has 0 spiro atoms. The molecule has 1 aromatic heterocycles. The minimum atomic E-state index is -0.967. The molecule has 0 amide bonds. The Bertz CT molecular complexity index is 634. The van der Waals surface area contributed by atoms with Crippen molar-refractivity contribution in [2.75, 3.05) is 14.2 Å². The molecule has 0 aliphatic heterocycles. The fraction of sp³-hybridized carbons (Fsp3) is 0.429. The number of nitrogens with zero attached hydrogens (tertiary/aromatic N) is 4. The molecule has 1 atom stereocenters. The predicted octanol–water partition coefficient (Wildman–Crippen LogP) is 1.78. The molecule has 0 saturated carbocycles. The molecule has 0 radical (unpaired) electrons. The second-order valence-corrected chi connectivity index (χ2v) is 4.69. The molecular weight excluding hydrogens is 288 g/mol. The third-order valence-corrected chi connectivity index (χ3v) is 3.24. The number of hydrogen-bond acceptors (Lipinski definition) is 6. The molecule has 1 unspecified atom stereocenters. The van der Waals surface area contributed by atoms with Crippen LogP contribution in [0.25, 0.3) is 11.4 Å². The standard InChI is InChI=1S/C14H18N4O4/c1-4-5-12(14(19)20)18-13(15-16-17-18)9-6-10(21-2)8-11(7-9)22-3/h6-8,12H,4-5H2,1-3H3,(H,19,20). The lowest BCUT2D eigenvalue weighted by Crippen LogP contribution is -2.21. The van der Waals surface area contributed by atoms with Crippen LogP contribution in [0.15, 0.2) is 18.2 Å². The SMILES string of the molecule is CCCC(C(=O)O)n1nnnc1-c1cc(OC)cc(OC)c1. The Morgan fingerprint density at radius 3 is 2.41 bits per heavy atom. The van der Waals surface area contributed by atoms with Gasteiger partial charge in [-0.25, -0.2) is 9.48 Å². The van der Waals surface area contributed by atoms with Gasteiger partial charge >= 0.3 is 5.97 Å². The summed E-state index contributed by atoms with van der Waals surface area (Å²) < 4.78 is 11.8. The summed E-state index contributed by atoms with van der Waals surface area (Å²) in [5, 5.41) is 20.8. The number of carboxylic acids is 1. The van der Waals surface area contributed by atoms with Gasteiger partial charge in [-0.05, 0) is 29.0 Å². The third kappa shape index (κ3) is 3.16. The maximum absolute atomic E-state index is 11.5. The molecule has 22 heavy (non-hydrogen) atoms. The van der Waals surface area contributed by atoms with Gasteiger partial charge in [0, 0.05) is 11.6 Å². The first kappa shape index (κ1) is 15.7. The summed E-state index contributed by atoms with van der Waals surface area (Å²) in [7, 11) is 3.08. The van der Waals surface area contributed by atoms with Crippen molar-refractivity contribution in [3.05, 3.63) is 18.2 Å². The first-order chi connectivity index (χ1) is 10.6. The topological polar surface area (TPSA) is 99.4 Å². The van der Waals surface area contributed by atoms with Crippen LogP contribution in [0.2, 0.25) is 0 Å². The van der Waals surface area contributed by atoms with Crippen LogP contribution in [0.1, 0.15) is 25.8 Å². The Kier molecular flexibility index (Phi) is 4.92. The van der Waals surface area contributed by atoms with E-state index in [0.717, 1.165) is 0 Å². The molecule has 0 saturated heterocycles. The summed E-state index contributed by atoms with van der Waals surface area (Å²) in [6.07, 6.45) is 1.15. The van der Waals surface area contributed by atoms with E-state index >= 15 is 0 Å². The van der Waals surface area contributed by atoms with Crippen molar-refractivity contribution >= 4 is 5.97 Å². The van der Waals surface area contributed by atoms with Gasteiger partial charge in [0.2, 0.25) is 0 Å². The summed E-state index contributed by atoms with van der Waals surface area (Å²) >= 11 is 0. The highest BCUT2D eigenvalue weighted by Gasteiger charge is 2.24. The number of carboxylic acid groups (broad SMARTS) is 1. The summed E-state index contributed by atoms with van der Waals surface area (Å²) in [4.78, 5) is 11.5. The van der Waals surface area contributed by atoms with Gasteiger partial charge in [-0.15, -0.1) is 5.10 Å². The highest BCUT2D eigenvalue weighted by atomic mass is 16.5. The van der Waals surface area contributed by atoms with Gasteiger partial charge < -0.3 is 14.6 Å². The molecule has 0 aliphatic carbocycles. The summed E-state index contributed by atoms with van der Waals surface area (Å²) in [5.74, 6) is 0.542. The zero-order chi connectivity index (χ0) is 16.1. The lowest BCUT2D eigenvalue weighted by atomic mass is 10.1. The number of ether oxygens (including phenoxy) is 2. The van der Waals surface area contributed by atoms with Gasteiger partial charge in [0.05, 0.1) is 14.2 Å². The van der Waals surface area contributed by atoms with Crippen molar-refractivity contribution < 1.29 is 19.4 Å². The van der Waals surface area contributed by atoms with Crippen LogP contribution in [0, 0.1) is 0 Å². The average molecular weight is 306 g/mol. The molecule has 8 heteroatoms. The molecule has 1 aromatic carbocycles. The zero-order valence-electron chi connectivity index (χ0n) is 12.7. The first-order valence-corrected chi connectivity index (χ1v) is 6.84. The quantitative estimate of drug-likeness (QED) is 0.832. The smallest absolute Gasteiger partial charge is 0.328 e. The molecule has 0 aliphatic rings. The Morgan fingerprint density at radius 1 is 1.27 bits per heavy atom. The van der Waals surface area contributed by atoms with E-state index < -0.39 is 12.0 Å². The monoisotopic (exact) mass is 306 g/mol. The second-order valence-electron chi connectivity index (χ2n) is 4.69. The van der Waals surface area contributed by atoms with Crippen molar-refractivity contribution in [1.82, 2.24) is 20.2 Å². The van der Waals surface area contributed by atoms with Gasteiger partial charge in [-0.2, -0.15) is 0 Å². The summed E-state index contributed by atoms with van der Waals surface area (Å²) in [6.45, 7) is 1.91. The molecule has 2 rings (SSSR count). The molecular formula is C14H18N4O4. The van der Waals surface area contributed by atoms with E-state index in [0.29, 0.717) is 35.7 Å². The fourth-order valence-corrected chi connectivity index (χ4v) is 2.15. The first-order valence-electron chi connectivity index (χ1n) is 6.84. The number of tetrazole rings is 1. The van der Waals surface area contributed by atoms with Gasteiger partial charge in [0.25, 0.3) is 0 Å². The Hall–Kier alpha value is -2.64. The van der Waals surface area contributed by atoms with Crippen LogP contribution in [-0.2, 0) is 4.79 Å². The van der Waals surface area contributed by atoms with Crippen LogP contribution in [0.4, 0.5) is 0 Å². The average Bonchev–Trinajstić information content (AvgIpc) is 3.00. The van der Waals surface area contributed by atoms with Crippen molar-refractivity contribution in [1.29, 1.82) is 0 Å². The minimum Gasteiger partial charge on any atom is -0.497 e. The lowest BCUT2D eigenvalue weighted by Gasteiger charge is -2.14. The number of aromatic nitrogens is 4. The summed E-state index contributed by atoms with van der Waals surface area (Å²) in [6, 6.07) is 4.37. The van der Waals surface area contributed by atoms with Crippen LogP contribution in [-0.4, -0.2) is 45.5 Å². The van der Waals surface area contributed by atoms with Gasteiger partial charge in [-0.1, -0.05) is 13.3 Å². The molecule has 118 valence electrons.